The number of H-pyrrole nitrogens is 1. The molecule has 0 amide bonds. The molecule has 0 unspecified atom stereocenters. The zero-order valence-corrected chi connectivity index (χ0v) is 18.0. The number of nitrogens with zero attached hydrogens (tertiary/aromatic N) is 2. The number of para-hydroxylation sites is 1. The highest BCUT2D eigenvalue weighted by Crippen LogP contribution is 2.22. The Kier molecular flexibility index (Phi) is 5.85. The number of carboxylic acids is 1. The molecule has 0 radical (unpaired) electrons. The van der Waals surface area contributed by atoms with Gasteiger partial charge in [-0.3, -0.25) is 18.7 Å². The van der Waals surface area contributed by atoms with Crippen LogP contribution in [-0.2, 0) is 17.9 Å². The second-order valence-corrected chi connectivity index (χ2v) is 8.21. The highest BCUT2D eigenvalue weighted by Gasteiger charge is 2.16. The van der Waals surface area contributed by atoms with Crippen LogP contribution in [0.5, 0.6) is 5.75 Å². The predicted molar refractivity (Wildman–Crippen MR) is 122 cm³/mol. The Labute approximate surface area is 183 Å². The molecule has 0 atom stereocenters. The number of fused-ring (bicyclic) bond motifs is 2. The van der Waals surface area contributed by atoms with E-state index in [0.717, 1.165) is 21.0 Å². The van der Waals surface area contributed by atoms with Crippen molar-refractivity contribution < 1.29 is 14.6 Å². The number of aliphatic carboxylic acids is 1. The van der Waals surface area contributed by atoms with Crippen LogP contribution in [0.4, 0.5) is 0 Å². The highest BCUT2D eigenvalue weighted by atomic mass is 16.5. The quantitative estimate of drug-likeness (QED) is 0.442. The minimum Gasteiger partial charge on any atom is -0.493 e. The molecule has 0 fully saturated rings. The van der Waals surface area contributed by atoms with Gasteiger partial charge in [0.05, 0.1) is 30.5 Å². The molecule has 0 saturated carbocycles. The molecule has 2 aromatic heterocycles. The Bertz CT molecular complexity index is 1410. The molecule has 166 valence electrons. The molecule has 4 aromatic rings. The maximum Gasteiger partial charge on any atom is 0.331 e. The lowest BCUT2D eigenvalue weighted by Crippen LogP contribution is -2.40. The van der Waals surface area contributed by atoms with E-state index in [4.69, 9.17) is 9.84 Å². The van der Waals surface area contributed by atoms with Gasteiger partial charge in [0, 0.05) is 23.6 Å². The number of aromatic nitrogens is 3. The van der Waals surface area contributed by atoms with E-state index >= 15 is 0 Å². The van der Waals surface area contributed by atoms with Gasteiger partial charge >= 0.3 is 11.7 Å². The minimum atomic E-state index is -1.08. The summed E-state index contributed by atoms with van der Waals surface area (Å²) in [5, 5.41) is 10.4. The van der Waals surface area contributed by atoms with Crippen LogP contribution in [0.15, 0.2) is 58.3 Å². The van der Waals surface area contributed by atoms with Crippen molar-refractivity contribution in [3.63, 3.8) is 0 Å². The number of nitrogens with one attached hydrogen (secondary N) is 1. The minimum absolute atomic E-state index is 0.200. The number of carbonyl (C=O) groups is 1. The van der Waals surface area contributed by atoms with E-state index in [1.165, 1.54) is 4.57 Å². The van der Waals surface area contributed by atoms with E-state index < -0.39 is 17.2 Å². The summed E-state index contributed by atoms with van der Waals surface area (Å²) in [6.45, 7) is 4.58. The summed E-state index contributed by atoms with van der Waals surface area (Å²) in [6, 6.07) is 12.9. The summed E-state index contributed by atoms with van der Waals surface area (Å²) in [7, 11) is 0. The van der Waals surface area contributed by atoms with Crippen molar-refractivity contribution in [2.45, 2.75) is 33.4 Å². The summed E-state index contributed by atoms with van der Waals surface area (Å²) < 4.78 is 8.28. The van der Waals surface area contributed by atoms with Gasteiger partial charge in [0.15, 0.2) is 0 Å². The summed E-state index contributed by atoms with van der Waals surface area (Å²) in [6.07, 6.45) is 1.52. The molecule has 32 heavy (non-hydrogen) atoms. The number of benzene rings is 2. The van der Waals surface area contributed by atoms with Crippen molar-refractivity contribution in [3.8, 4) is 5.75 Å². The van der Waals surface area contributed by atoms with E-state index in [-0.39, 0.29) is 19.5 Å². The molecule has 0 spiro atoms. The van der Waals surface area contributed by atoms with Gasteiger partial charge in [0.25, 0.3) is 5.56 Å². The fraction of sp³-hybridized carbons (Fsp3) is 0.292. The second kappa shape index (κ2) is 8.74. The average Bonchev–Trinajstić information content (AvgIpc) is 3.18. The molecule has 0 aliphatic rings. The summed E-state index contributed by atoms with van der Waals surface area (Å²) in [5.41, 5.74) is 1.27. The number of aromatic amines is 1. The second-order valence-electron chi connectivity index (χ2n) is 8.21. The van der Waals surface area contributed by atoms with E-state index in [2.05, 4.69) is 4.98 Å². The lowest BCUT2D eigenvalue weighted by molar-refractivity contribution is -0.137. The van der Waals surface area contributed by atoms with Crippen molar-refractivity contribution in [3.05, 3.63) is 75.1 Å². The van der Waals surface area contributed by atoms with Crippen LogP contribution in [0.2, 0.25) is 0 Å². The van der Waals surface area contributed by atoms with Gasteiger partial charge in [-0.2, -0.15) is 0 Å². The van der Waals surface area contributed by atoms with Crippen LogP contribution in [0.3, 0.4) is 0 Å². The summed E-state index contributed by atoms with van der Waals surface area (Å²) in [4.78, 5) is 40.7. The Balaban J connectivity index is 1.88. The highest BCUT2D eigenvalue weighted by molar-refractivity contribution is 5.84. The van der Waals surface area contributed by atoms with E-state index in [9.17, 15) is 14.4 Å². The van der Waals surface area contributed by atoms with Gasteiger partial charge in [-0.15, -0.1) is 0 Å². The number of carboxylic acid groups (broad SMARTS) is 1. The molecule has 2 heterocycles. The molecule has 0 bridgehead atoms. The largest absolute Gasteiger partial charge is 0.493 e. The molecule has 0 aliphatic heterocycles. The number of rotatable bonds is 8. The maximum absolute atomic E-state index is 13.3. The SMILES string of the molecule is CC(C)COc1ccc2c(c1)c(=O)n(CCC(=O)O)c(=O)n2Cc1c[nH]c2ccccc12. The van der Waals surface area contributed by atoms with Crippen molar-refractivity contribution in [1.82, 2.24) is 14.1 Å². The first-order chi connectivity index (χ1) is 15.3. The topological polar surface area (TPSA) is 106 Å². The third kappa shape index (κ3) is 4.16. The molecule has 2 aromatic carbocycles. The first-order valence-corrected chi connectivity index (χ1v) is 10.5. The first kappa shape index (κ1) is 21.4. The molecule has 4 rings (SSSR count). The zero-order valence-electron chi connectivity index (χ0n) is 18.0. The molecule has 8 heteroatoms. The Hall–Kier alpha value is -3.81. The Morgan fingerprint density at radius 1 is 1.09 bits per heavy atom. The van der Waals surface area contributed by atoms with Gasteiger partial charge in [0.1, 0.15) is 5.75 Å². The number of hydrogen-bond donors (Lipinski definition) is 2. The number of ether oxygens (including phenoxy) is 1. The van der Waals surface area contributed by atoms with Crippen LogP contribution in [0.1, 0.15) is 25.8 Å². The molecule has 8 nitrogen and oxygen atoms in total. The van der Waals surface area contributed by atoms with Gasteiger partial charge in [-0.25, -0.2) is 4.79 Å². The third-order valence-electron chi connectivity index (χ3n) is 5.33. The first-order valence-electron chi connectivity index (χ1n) is 10.5. The fourth-order valence-corrected chi connectivity index (χ4v) is 3.75. The molecule has 0 saturated heterocycles. The third-order valence-corrected chi connectivity index (χ3v) is 5.33. The van der Waals surface area contributed by atoms with E-state index in [0.29, 0.717) is 29.2 Å². The molecule has 0 aliphatic carbocycles. The molecule has 2 N–H and O–H groups in total. The zero-order chi connectivity index (χ0) is 22.8. The summed E-state index contributed by atoms with van der Waals surface area (Å²) >= 11 is 0. The van der Waals surface area contributed by atoms with Crippen molar-refractivity contribution in [2.75, 3.05) is 6.61 Å². The maximum atomic E-state index is 13.3. The van der Waals surface area contributed by atoms with Crippen molar-refractivity contribution >= 4 is 27.8 Å². The van der Waals surface area contributed by atoms with Crippen LogP contribution < -0.4 is 16.0 Å². The van der Waals surface area contributed by atoms with Crippen LogP contribution in [0, 0.1) is 5.92 Å². The van der Waals surface area contributed by atoms with Gasteiger partial charge in [-0.05, 0) is 35.7 Å². The van der Waals surface area contributed by atoms with Crippen molar-refractivity contribution in [2.24, 2.45) is 5.92 Å². The number of hydrogen-bond acceptors (Lipinski definition) is 4. The monoisotopic (exact) mass is 435 g/mol. The van der Waals surface area contributed by atoms with Gasteiger partial charge in [-0.1, -0.05) is 32.0 Å². The van der Waals surface area contributed by atoms with Crippen LogP contribution in [-0.4, -0.2) is 31.8 Å². The lowest BCUT2D eigenvalue weighted by atomic mass is 10.1. The van der Waals surface area contributed by atoms with Crippen molar-refractivity contribution in [1.29, 1.82) is 0 Å². The van der Waals surface area contributed by atoms with Gasteiger partial charge in [0.2, 0.25) is 0 Å². The molecular weight excluding hydrogens is 410 g/mol. The van der Waals surface area contributed by atoms with E-state index in [1.54, 1.807) is 18.2 Å². The van der Waals surface area contributed by atoms with Crippen LogP contribution >= 0.6 is 0 Å². The fourth-order valence-electron chi connectivity index (χ4n) is 3.75. The average molecular weight is 435 g/mol. The Morgan fingerprint density at radius 3 is 2.62 bits per heavy atom. The predicted octanol–water partition coefficient (Wildman–Crippen LogP) is 3.20. The Morgan fingerprint density at radius 2 is 1.88 bits per heavy atom. The molecular formula is C24H25N3O5. The lowest BCUT2D eigenvalue weighted by Gasteiger charge is -2.15. The van der Waals surface area contributed by atoms with E-state index in [1.807, 2.05) is 44.3 Å². The van der Waals surface area contributed by atoms with Crippen LogP contribution in [0.25, 0.3) is 21.8 Å². The standard InChI is InChI=1S/C24H25N3O5/c1-15(2)14-32-17-7-8-21-19(11-17)23(30)26(10-9-22(28)29)24(31)27(21)13-16-12-25-20-6-4-3-5-18(16)20/h3-8,11-12,15,25H,9-10,13-14H2,1-2H3,(H,28,29). The smallest absolute Gasteiger partial charge is 0.331 e. The summed E-state index contributed by atoms with van der Waals surface area (Å²) in [5.74, 6) is -0.229. The van der Waals surface area contributed by atoms with Gasteiger partial charge < -0.3 is 14.8 Å². The normalized spacial score (nSPS) is 11.5.